The van der Waals surface area contributed by atoms with Gasteiger partial charge < -0.3 is 10.6 Å². The van der Waals surface area contributed by atoms with Crippen molar-refractivity contribution in [2.45, 2.75) is 32.2 Å². The van der Waals surface area contributed by atoms with Gasteiger partial charge in [0.2, 0.25) is 11.8 Å². The van der Waals surface area contributed by atoms with Gasteiger partial charge in [-0.3, -0.25) is 14.5 Å². The number of piperidine rings is 1. The highest BCUT2D eigenvalue weighted by molar-refractivity contribution is 7.09. The van der Waals surface area contributed by atoms with Gasteiger partial charge in [0.15, 0.2) is 0 Å². The molecule has 2 heterocycles. The molecule has 0 bridgehead atoms. The third kappa shape index (κ3) is 5.65. The lowest BCUT2D eigenvalue weighted by Crippen LogP contribution is -2.49. The smallest absolute Gasteiger partial charge is 0.237 e. The molecule has 0 radical (unpaired) electrons. The summed E-state index contributed by atoms with van der Waals surface area (Å²) in [6.45, 7) is 4.16. The highest BCUT2D eigenvalue weighted by atomic mass is 32.1. The first kappa shape index (κ1) is 19.6. The molecule has 0 spiro atoms. The van der Waals surface area contributed by atoms with Crippen molar-refractivity contribution in [1.82, 2.24) is 10.2 Å². The number of likely N-dealkylation sites (tertiary alicyclic amines) is 1. The molecule has 1 saturated heterocycles. The van der Waals surface area contributed by atoms with Gasteiger partial charge in [0.25, 0.3) is 0 Å². The maximum Gasteiger partial charge on any atom is 0.237 e. The minimum atomic E-state index is -0.161. The van der Waals surface area contributed by atoms with Gasteiger partial charge in [0, 0.05) is 23.0 Å². The fraction of sp³-hybridized carbons (Fsp3) is 0.429. The molecule has 1 aliphatic heterocycles. The van der Waals surface area contributed by atoms with Crippen LogP contribution in [0.4, 0.5) is 5.69 Å². The number of thiophene rings is 1. The van der Waals surface area contributed by atoms with E-state index in [9.17, 15) is 9.59 Å². The Morgan fingerprint density at radius 1 is 1.15 bits per heavy atom. The summed E-state index contributed by atoms with van der Waals surface area (Å²) < 4.78 is 0. The molecule has 6 heteroatoms. The van der Waals surface area contributed by atoms with Crippen LogP contribution in [0, 0.1) is 5.92 Å². The topological polar surface area (TPSA) is 61.4 Å². The number of nitrogens with one attached hydrogen (secondary N) is 2. The Bertz CT molecular complexity index is 725. The van der Waals surface area contributed by atoms with E-state index in [2.05, 4.69) is 27.0 Å². The number of carbonyl (C=O) groups is 2. The molecule has 2 N–H and O–H groups in total. The van der Waals surface area contributed by atoms with Crippen LogP contribution in [0.1, 0.15) is 24.6 Å². The van der Waals surface area contributed by atoms with Crippen LogP contribution in [0.5, 0.6) is 0 Å². The summed E-state index contributed by atoms with van der Waals surface area (Å²) in [4.78, 5) is 28.3. The Balaban J connectivity index is 1.39. The highest BCUT2D eigenvalue weighted by Gasteiger charge is 2.29. The summed E-state index contributed by atoms with van der Waals surface area (Å²) in [5, 5.41) is 8.07. The van der Waals surface area contributed by atoms with Crippen molar-refractivity contribution in [1.29, 1.82) is 0 Å². The van der Waals surface area contributed by atoms with E-state index in [4.69, 9.17) is 0 Å². The molecule has 1 aliphatic rings. The van der Waals surface area contributed by atoms with Gasteiger partial charge in [-0.2, -0.15) is 0 Å². The fourth-order valence-electron chi connectivity index (χ4n) is 3.39. The molecule has 1 fully saturated rings. The third-order valence-electron chi connectivity index (χ3n) is 5.12. The Morgan fingerprint density at radius 3 is 2.56 bits per heavy atom. The van der Waals surface area contributed by atoms with E-state index in [0.29, 0.717) is 6.54 Å². The summed E-state index contributed by atoms with van der Waals surface area (Å²) in [7, 11) is 0. The zero-order valence-corrected chi connectivity index (χ0v) is 16.5. The minimum absolute atomic E-state index is 0.00976. The quantitative estimate of drug-likeness (QED) is 0.770. The van der Waals surface area contributed by atoms with E-state index >= 15 is 0 Å². The zero-order valence-electron chi connectivity index (χ0n) is 15.7. The van der Waals surface area contributed by atoms with Crippen LogP contribution >= 0.6 is 11.3 Å². The second-order valence-corrected chi connectivity index (χ2v) is 7.99. The first-order chi connectivity index (χ1) is 13.1. The van der Waals surface area contributed by atoms with Gasteiger partial charge in [-0.1, -0.05) is 24.3 Å². The van der Waals surface area contributed by atoms with E-state index in [-0.39, 0.29) is 23.8 Å². The molecule has 1 aromatic heterocycles. The number of carbonyl (C=O) groups excluding carboxylic acids is 2. The Hall–Kier alpha value is -2.18. The monoisotopic (exact) mass is 385 g/mol. The van der Waals surface area contributed by atoms with Crippen LogP contribution < -0.4 is 10.6 Å². The van der Waals surface area contributed by atoms with Crippen LogP contribution in [-0.4, -0.2) is 42.4 Å². The summed E-state index contributed by atoms with van der Waals surface area (Å²) in [5.41, 5.74) is 0.836. The van der Waals surface area contributed by atoms with E-state index in [1.165, 1.54) is 4.88 Å². The molecule has 0 aliphatic carbocycles. The van der Waals surface area contributed by atoms with Gasteiger partial charge in [-0.25, -0.2) is 0 Å². The number of para-hydroxylation sites is 1. The van der Waals surface area contributed by atoms with Gasteiger partial charge in [-0.15, -0.1) is 11.3 Å². The molecule has 2 aromatic rings. The van der Waals surface area contributed by atoms with Gasteiger partial charge in [0.05, 0.1) is 6.04 Å². The van der Waals surface area contributed by atoms with Crippen molar-refractivity contribution in [2.24, 2.45) is 5.92 Å². The molecule has 5 nitrogen and oxygen atoms in total. The predicted molar refractivity (Wildman–Crippen MR) is 110 cm³/mol. The van der Waals surface area contributed by atoms with Crippen molar-refractivity contribution in [3.63, 3.8) is 0 Å². The number of rotatable bonds is 7. The molecule has 0 saturated carbocycles. The summed E-state index contributed by atoms with van der Waals surface area (Å²) >= 11 is 1.71. The first-order valence-electron chi connectivity index (χ1n) is 9.53. The molecular formula is C21H27N3O2S. The average Bonchev–Trinajstić information content (AvgIpc) is 3.21. The lowest BCUT2D eigenvalue weighted by molar-refractivity contribution is -0.127. The van der Waals surface area contributed by atoms with Crippen molar-refractivity contribution >= 4 is 28.8 Å². The van der Waals surface area contributed by atoms with Crippen LogP contribution in [0.25, 0.3) is 0 Å². The Kier molecular flexibility index (Phi) is 7.01. The highest BCUT2D eigenvalue weighted by Crippen LogP contribution is 2.21. The van der Waals surface area contributed by atoms with Gasteiger partial charge >= 0.3 is 0 Å². The Morgan fingerprint density at radius 2 is 1.89 bits per heavy atom. The number of benzene rings is 1. The van der Waals surface area contributed by atoms with E-state index < -0.39 is 0 Å². The molecule has 0 unspecified atom stereocenters. The second-order valence-electron chi connectivity index (χ2n) is 6.96. The van der Waals surface area contributed by atoms with Crippen LogP contribution in [0.3, 0.4) is 0 Å². The van der Waals surface area contributed by atoms with Crippen LogP contribution in [0.2, 0.25) is 0 Å². The predicted octanol–water partition coefficient (Wildman–Crippen LogP) is 3.15. The largest absolute Gasteiger partial charge is 0.354 e. The van der Waals surface area contributed by atoms with Crippen molar-refractivity contribution in [3.05, 3.63) is 52.7 Å². The van der Waals surface area contributed by atoms with E-state index in [1.54, 1.807) is 11.3 Å². The summed E-state index contributed by atoms with van der Waals surface area (Å²) in [5.74, 6) is 0.156. The first-order valence-corrected chi connectivity index (χ1v) is 10.4. The molecule has 144 valence electrons. The molecule has 1 atom stereocenters. The maximum absolute atomic E-state index is 12.4. The molecule has 27 heavy (non-hydrogen) atoms. The zero-order chi connectivity index (χ0) is 19.1. The standard InChI is InChI=1S/C21H27N3O2S/c1-16(20(25)22-12-9-19-8-5-15-27-19)24-13-10-17(11-14-24)21(26)23-18-6-3-2-4-7-18/h2-8,15-17H,9-14H2,1H3,(H,22,25)(H,23,26)/t16-/m1/s1. The molecule has 1 aromatic carbocycles. The molecule has 2 amide bonds. The maximum atomic E-state index is 12.4. The van der Waals surface area contributed by atoms with Crippen molar-refractivity contribution in [3.8, 4) is 0 Å². The number of hydrogen-bond donors (Lipinski definition) is 2. The SMILES string of the molecule is C[C@H](C(=O)NCCc1cccs1)N1CCC(C(=O)Nc2ccccc2)CC1. The lowest BCUT2D eigenvalue weighted by Gasteiger charge is -2.34. The average molecular weight is 386 g/mol. The second kappa shape index (κ2) is 9.67. The van der Waals surface area contributed by atoms with E-state index in [0.717, 1.165) is 38.0 Å². The van der Waals surface area contributed by atoms with Crippen LogP contribution in [-0.2, 0) is 16.0 Å². The summed E-state index contributed by atoms with van der Waals surface area (Å²) in [6, 6.07) is 13.5. The number of hydrogen-bond acceptors (Lipinski definition) is 4. The van der Waals surface area contributed by atoms with Crippen molar-refractivity contribution in [2.75, 3.05) is 25.0 Å². The number of anilines is 1. The molecule has 3 rings (SSSR count). The Labute approximate surface area is 164 Å². The van der Waals surface area contributed by atoms with Crippen LogP contribution in [0.15, 0.2) is 47.8 Å². The lowest BCUT2D eigenvalue weighted by atomic mass is 9.94. The van der Waals surface area contributed by atoms with E-state index in [1.807, 2.05) is 43.3 Å². The minimum Gasteiger partial charge on any atom is -0.354 e. The third-order valence-corrected chi connectivity index (χ3v) is 6.06. The van der Waals surface area contributed by atoms with Crippen molar-refractivity contribution < 1.29 is 9.59 Å². The summed E-state index contributed by atoms with van der Waals surface area (Å²) in [6.07, 6.45) is 2.44. The fourth-order valence-corrected chi connectivity index (χ4v) is 4.10. The number of amides is 2. The molecular weight excluding hydrogens is 358 g/mol. The normalized spacial score (nSPS) is 16.6. The van der Waals surface area contributed by atoms with Gasteiger partial charge in [-0.05, 0) is 62.9 Å². The van der Waals surface area contributed by atoms with Gasteiger partial charge in [0.1, 0.15) is 0 Å². The number of nitrogens with zero attached hydrogens (tertiary/aromatic N) is 1.